The third-order valence-corrected chi connectivity index (χ3v) is 3.42. The molecule has 2 rings (SSSR count). The third kappa shape index (κ3) is 4.09. The van der Waals surface area contributed by atoms with Crippen molar-refractivity contribution in [1.82, 2.24) is 14.9 Å². The molecule has 11 heteroatoms. The van der Waals surface area contributed by atoms with E-state index < -0.39 is 30.2 Å². The van der Waals surface area contributed by atoms with E-state index in [-0.39, 0.29) is 5.82 Å². The highest BCUT2D eigenvalue weighted by molar-refractivity contribution is 5.22. The molecule has 0 amide bonds. The van der Waals surface area contributed by atoms with Crippen LogP contribution in [0.4, 0.5) is 5.82 Å². The summed E-state index contributed by atoms with van der Waals surface area (Å²) in [5, 5.41) is 29.7. The van der Waals surface area contributed by atoms with Crippen LogP contribution < -0.4 is 16.8 Å². The van der Waals surface area contributed by atoms with E-state index in [1.165, 1.54) is 12.3 Å². The molecule has 11 nitrogen and oxygen atoms in total. The summed E-state index contributed by atoms with van der Waals surface area (Å²) in [6.45, 7) is 1.39. The molecule has 1 aromatic heterocycles. The van der Waals surface area contributed by atoms with Gasteiger partial charge in [0.05, 0.1) is 6.61 Å². The van der Waals surface area contributed by atoms with Crippen LogP contribution in [0.15, 0.2) is 27.4 Å². The molecule has 128 valence electrons. The van der Waals surface area contributed by atoms with Crippen molar-refractivity contribution in [2.45, 2.75) is 24.5 Å². The van der Waals surface area contributed by atoms with E-state index in [9.17, 15) is 15.0 Å². The first-order valence-electron chi connectivity index (χ1n) is 7.00. The second kappa shape index (κ2) is 8.08. The van der Waals surface area contributed by atoms with Crippen LogP contribution >= 0.6 is 0 Å². The van der Waals surface area contributed by atoms with Crippen molar-refractivity contribution in [3.63, 3.8) is 0 Å². The number of hydrogen-bond acceptors (Lipinski definition) is 9. The number of nitrogens with two attached hydrogens (primary N) is 1. The molecule has 0 bridgehead atoms. The van der Waals surface area contributed by atoms with Crippen molar-refractivity contribution in [1.29, 1.82) is 0 Å². The molecular formula is C12H20N6O5. The molecule has 1 aliphatic heterocycles. The molecule has 4 atom stereocenters. The lowest BCUT2D eigenvalue weighted by Crippen LogP contribution is -2.39. The maximum absolute atomic E-state index is 12.0. The Morgan fingerprint density at radius 1 is 1.52 bits per heavy atom. The fourth-order valence-electron chi connectivity index (χ4n) is 2.26. The van der Waals surface area contributed by atoms with Crippen LogP contribution in [-0.4, -0.2) is 64.9 Å². The smallest absolute Gasteiger partial charge is 0.351 e. The number of methoxy groups -OCH3 is 1. The lowest BCUT2D eigenvalue weighted by atomic mass is 10.1. The normalized spacial score (nSPS) is 27.8. The minimum absolute atomic E-state index is 0.0413. The molecule has 1 saturated heterocycles. The number of ether oxygens (including phenoxy) is 2. The van der Waals surface area contributed by atoms with Crippen LogP contribution in [0.2, 0.25) is 0 Å². The fourth-order valence-corrected chi connectivity index (χ4v) is 2.26. The highest BCUT2D eigenvalue weighted by Crippen LogP contribution is 2.28. The van der Waals surface area contributed by atoms with E-state index in [1.807, 2.05) is 0 Å². The van der Waals surface area contributed by atoms with Crippen molar-refractivity contribution >= 4 is 5.82 Å². The minimum atomic E-state index is -1.26. The van der Waals surface area contributed by atoms with Crippen molar-refractivity contribution in [2.24, 2.45) is 16.2 Å². The van der Waals surface area contributed by atoms with Gasteiger partial charge >= 0.3 is 5.69 Å². The Morgan fingerprint density at radius 2 is 2.30 bits per heavy atom. The summed E-state index contributed by atoms with van der Waals surface area (Å²) in [4.78, 5) is 15.6. The van der Waals surface area contributed by atoms with E-state index in [4.69, 9.17) is 15.3 Å². The predicted octanol–water partition coefficient (Wildman–Crippen LogP) is -1.94. The van der Waals surface area contributed by atoms with Gasteiger partial charge in [0.25, 0.3) is 0 Å². The first-order chi connectivity index (χ1) is 11.1. The van der Waals surface area contributed by atoms with Crippen molar-refractivity contribution in [2.75, 3.05) is 26.8 Å². The van der Waals surface area contributed by atoms with Crippen LogP contribution in [0.3, 0.4) is 0 Å². The van der Waals surface area contributed by atoms with Crippen LogP contribution in [0.25, 0.3) is 0 Å². The molecule has 0 radical (unpaired) electrons. The monoisotopic (exact) mass is 328 g/mol. The second-order valence-electron chi connectivity index (χ2n) is 4.93. The quantitative estimate of drug-likeness (QED) is 0.195. The van der Waals surface area contributed by atoms with Gasteiger partial charge in [-0.3, -0.25) is 4.57 Å². The second-order valence-corrected chi connectivity index (χ2v) is 4.93. The van der Waals surface area contributed by atoms with Gasteiger partial charge in [-0.2, -0.15) is 4.98 Å². The fraction of sp³-hybridized carbons (Fsp3) is 0.667. The van der Waals surface area contributed by atoms with Crippen LogP contribution in [-0.2, 0) is 9.47 Å². The van der Waals surface area contributed by atoms with E-state index in [0.29, 0.717) is 19.7 Å². The standard InChI is InChI=1S/C12H20N6O5/c1-22-5-3-14-6-7-9(19)10(20)11(23-7)18-4-2-8(16-17-13)15-12(18)21/h2,4,7,9-11,14,19-20H,3,5-6H2,1H3,(H2,13,15,16,21)/t7-,9-,10+,11-/m1/s1. The van der Waals surface area contributed by atoms with Crippen LogP contribution in [0.5, 0.6) is 0 Å². The molecule has 2 heterocycles. The van der Waals surface area contributed by atoms with E-state index in [2.05, 4.69) is 20.6 Å². The molecule has 0 saturated carbocycles. The van der Waals surface area contributed by atoms with Gasteiger partial charge in [0.2, 0.25) is 0 Å². The average Bonchev–Trinajstić information content (AvgIpc) is 2.80. The minimum Gasteiger partial charge on any atom is -0.387 e. The Balaban J connectivity index is 2.07. The summed E-state index contributed by atoms with van der Waals surface area (Å²) in [6, 6.07) is 1.39. The van der Waals surface area contributed by atoms with Gasteiger partial charge in [-0.15, -0.1) is 5.11 Å². The van der Waals surface area contributed by atoms with E-state index in [1.54, 1.807) is 7.11 Å². The summed E-state index contributed by atoms with van der Waals surface area (Å²) in [5.41, 5.74) is -0.695. The summed E-state index contributed by atoms with van der Waals surface area (Å²) < 4.78 is 11.6. The molecule has 1 fully saturated rings. The van der Waals surface area contributed by atoms with Gasteiger partial charge in [0.15, 0.2) is 12.0 Å². The molecule has 1 aliphatic rings. The largest absolute Gasteiger partial charge is 0.387 e. The van der Waals surface area contributed by atoms with Crippen molar-refractivity contribution in [3.8, 4) is 0 Å². The number of nitrogens with zero attached hydrogens (tertiary/aromatic N) is 4. The molecule has 0 spiro atoms. The highest BCUT2D eigenvalue weighted by atomic mass is 16.6. The zero-order valence-corrected chi connectivity index (χ0v) is 12.6. The molecule has 0 aliphatic carbocycles. The Morgan fingerprint density at radius 3 is 2.96 bits per heavy atom. The van der Waals surface area contributed by atoms with Gasteiger partial charge in [-0.1, -0.05) is 5.22 Å². The van der Waals surface area contributed by atoms with Gasteiger partial charge in [-0.05, 0) is 0 Å². The average molecular weight is 328 g/mol. The highest BCUT2D eigenvalue weighted by Gasteiger charge is 2.43. The summed E-state index contributed by atoms with van der Waals surface area (Å²) >= 11 is 0. The summed E-state index contributed by atoms with van der Waals surface area (Å²) in [6.07, 6.45) is -2.75. The Hall–Kier alpha value is -1.92. The first kappa shape index (κ1) is 17.4. The molecular weight excluding hydrogens is 308 g/mol. The van der Waals surface area contributed by atoms with E-state index >= 15 is 0 Å². The van der Waals surface area contributed by atoms with Gasteiger partial charge in [-0.25, -0.2) is 4.79 Å². The Labute approximate surface area is 131 Å². The van der Waals surface area contributed by atoms with Crippen molar-refractivity contribution < 1.29 is 19.7 Å². The zero-order valence-electron chi connectivity index (χ0n) is 12.6. The Kier molecular flexibility index (Phi) is 6.12. The summed E-state index contributed by atoms with van der Waals surface area (Å²) in [5.74, 6) is 4.93. The lowest BCUT2D eigenvalue weighted by Gasteiger charge is -2.16. The van der Waals surface area contributed by atoms with E-state index in [0.717, 1.165) is 4.57 Å². The van der Waals surface area contributed by atoms with Gasteiger partial charge in [0.1, 0.15) is 18.3 Å². The number of aliphatic hydroxyl groups is 2. The van der Waals surface area contributed by atoms with Crippen LogP contribution in [0.1, 0.15) is 6.23 Å². The first-order valence-corrected chi connectivity index (χ1v) is 7.00. The predicted molar refractivity (Wildman–Crippen MR) is 77.9 cm³/mol. The number of aliphatic hydroxyl groups excluding tert-OH is 2. The number of hydrogen-bond donors (Lipinski definition) is 4. The SMILES string of the molecule is COCCNC[C@H]1O[C@@H](n2ccc(N=NN)nc2=O)[C@@H](O)[C@@H]1O. The maximum Gasteiger partial charge on any atom is 0.351 e. The zero-order chi connectivity index (χ0) is 16.8. The molecule has 5 N–H and O–H groups in total. The third-order valence-electron chi connectivity index (χ3n) is 3.42. The lowest BCUT2D eigenvalue weighted by molar-refractivity contribution is -0.0391. The Bertz CT molecular complexity index is 594. The molecule has 0 aromatic carbocycles. The van der Waals surface area contributed by atoms with Gasteiger partial charge in [0, 0.05) is 32.5 Å². The molecule has 0 unspecified atom stereocenters. The maximum atomic E-state index is 12.0. The van der Waals surface area contributed by atoms with Crippen LogP contribution in [0, 0.1) is 0 Å². The number of rotatable bonds is 7. The molecule has 23 heavy (non-hydrogen) atoms. The van der Waals surface area contributed by atoms with Crippen molar-refractivity contribution in [3.05, 3.63) is 22.7 Å². The topological polar surface area (TPSA) is 157 Å². The van der Waals surface area contributed by atoms with Gasteiger partial charge < -0.3 is 30.8 Å². The molecule has 1 aromatic rings. The number of aromatic nitrogens is 2. The summed E-state index contributed by atoms with van der Waals surface area (Å²) in [7, 11) is 1.58. The number of nitrogens with one attached hydrogen (secondary N) is 1.